The third-order valence-corrected chi connectivity index (χ3v) is 4.37. The lowest BCUT2D eigenvalue weighted by atomic mass is 10.1. The molecule has 2 unspecified atom stereocenters. The van der Waals surface area contributed by atoms with Gasteiger partial charge in [-0.05, 0) is 45.4 Å². The Balaban J connectivity index is 3.00. The van der Waals surface area contributed by atoms with E-state index >= 15 is 0 Å². The molecule has 1 aromatic rings. The van der Waals surface area contributed by atoms with Gasteiger partial charge in [-0.1, -0.05) is 6.07 Å². The van der Waals surface area contributed by atoms with Crippen molar-refractivity contribution in [3.8, 4) is 0 Å². The fourth-order valence-electron chi connectivity index (χ4n) is 1.66. The van der Waals surface area contributed by atoms with Crippen molar-refractivity contribution < 1.29 is 18.9 Å². The van der Waals surface area contributed by atoms with Gasteiger partial charge in [-0.25, -0.2) is 4.79 Å². The summed E-state index contributed by atoms with van der Waals surface area (Å²) in [5.41, 5.74) is 0.699. The van der Waals surface area contributed by atoms with Gasteiger partial charge in [-0.3, -0.25) is 9.00 Å². The van der Waals surface area contributed by atoms with E-state index in [0.29, 0.717) is 10.5 Å². The van der Waals surface area contributed by atoms with E-state index in [0.717, 1.165) is 0 Å². The molecule has 2 N–H and O–H groups in total. The maximum atomic E-state index is 12.3. The highest BCUT2D eigenvalue weighted by atomic mass is 32.2. The number of carboxylic acid groups (broad SMARTS) is 1. The van der Waals surface area contributed by atoms with Gasteiger partial charge < -0.3 is 10.4 Å². The Bertz CT molecular complexity index is 554. The summed E-state index contributed by atoms with van der Waals surface area (Å²) >= 11 is 0. The zero-order valence-corrected chi connectivity index (χ0v) is 12.8. The summed E-state index contributed by atoms with van der Waals surface area (Å²) in [6.07, 6.45) is 0. The zero-order chi connectivity index (χ0) is 15.4. The second-order valence-electron chi connectivity index (χ2n) is 4.88. The van der Waals surface area contributed by atoms with Crippen molar-refractivity contribution in [1.29, 1.82) is 0 Å². The lowest BCUT2D eigenvalue weighted by Gasteiger charge is -2.15. The van der Waals surface area contributed by atoms with Crippen molar-refractivity contribution in [2.45, 2.75) is 43.9 Å². The molecule has 5 nitrogen and oxygen atoms in total. The molecule has 0 saturated carbocycles. The van der Waals surface area contributed by atoms with Crippen LogP contribution < -0.4 is 5.32 Å². The highest BCUT2D eigenvalue weighted by molar-refractivity contribution is 7.86. The maximum Gasteiger partial charge on any atom is 0.335 e. The van der Waals surface area contributed by atoms with Crippen molar-refractivity contribution in [3.63, 3.8) is 0 Å². The van der Waals surface area contributed by atoms with Crippen LogP contribution in [0.4, 0.5) is 0 Å². The van der Waals surface area contributed by atoms with Crippen LogP contribution in [-0.4, -0.2) is 32.5 Å². The molecule has 0 radical (unpaired) electrons. The number of hydrogen-bond donors (Lipinski definition) is 2. The van der Waals surface area contributed by atoms with Crippen molar-refractivity contribution in [1.82, 2.24) is 5.32 Å². The number of rotatable bonds is 5. The van der Waals surface area contributed by atoms with Gasteiger partial charge in [0, 0.05) is 10.9 Å². The SMILES string of the molecule is Cc1ccc(S(=O)C(C)C(=O)NC(C)C)cc1C(=O)O. The quantitative estimate of drug-likeness (QED) is 0.866. The Kier molecular flexibility index (Phi) is 5.44. The van der Waals surface area contributed by atoms with E-state index in [1.165, 1.54) is 6.07 Å². The molecular weight excluding hydrogens is 278 g/mol. The Labute approximate surface area is 120 Å². The fraction of sp³-hybridized carbons (Fsp3) is 0.429. The third-order valence-electron chi connectivity index (χ3n) is 2.79. The molecule has 0 saturated heterocycles. The number of aryl methyl sites for hydroxylation is 1. The minimum absolute atomic E-state index is 0.0328. The summed E-state index contributed by atoms with van der Waals surface area (Å²) in [6, 6.07) is 4.53. The number of carboxylic acids is 1. The monoisotopic (exact) mass is 297 g/mol. The summed E-state index contributed by atoms with van der Waals surface area (Å²) in [5, 5.41) is 11.0. The number of hydrogen-bond acceptors (Lipinski definition) is 3. The normalized spacial score (nSPS) is 13.8. The highest BCUT2D eigenvalue weighted by Crippen LogP contribution is 2.17. The van der Waals surface area contributed by atoms with Crippen LogP contribution in [0, 0.1) is 6.92 Å². The molecule has 0 aliphatic carbocycles. The van der Waals surface area contributed by atoms with Gasteiger partial charge in [0.2, 0.25) is 5.91 Å². The molecule has 1 aromatic carbocycles. The van der Waals surface area contributed by atoms with E-state index in [1.807, 2.05) is 13.8 Å². The molecule has 0 aliphatic heterocycles. The lowest BCUT2D eigenvalue weighted by molar-refractivity contribution is -0.120. The summed E-state index contributed by atoms with van der Waals surface area (Å²) < 4.78 is 12.3. The van der Waals surface area contributed by atoms with E-state index in [2.05, 4.69) is 5.32 Å². The molecule has 0 fully saturated rings. The summed E-state index contributed by atoms with van der Waals surface area (Å²) in [5.74, 6) is -1.38. The average molecular weight is 297 g/mol. The number of carbonyl (C=O) groups is 2. The molecule has 20 heavy (non-hydrogen) atoms. The van der Waals surface area contributed by atoms with Crippen LogP contribution in [0.25, 0.3) is 0 Å². The van der Waals surface area contributed by atoms with E-state index in [4.69, 9.17) is 5.11 Å². The van der Waals surface area contributed by atoms with Crippen LogP contribution >= 0.6 is 0 Å². The van der Waals surface area contributed by atoms with Gasteiger partial charge >= 0.3 is 5.97 Å². The van der Waals surface area contributed by atoms with Gasteiger partial charge in [-0.2, -0.15) is 0 Å². The molecule has 0 aliphatic rings. The zero-order valence-electron chi connectivity index (χ0n) is 12.0. The second-order valence-corrected chi connectivity index (χ2v) is 6.66. The molecule has 6 heteroatoms. The first-order valence-electron chi connectivity index (χ1n) is 6.29. The predicted molar refractivity (Wildman–Crippen MR) is 77.3 cm³/mol. The second kappa shape index (κ2) is 6.65. The first kappa shape index (κ1) is 16.4. The van der Waals surface area contributed by atoms with Crippen LogP contribution in [0.15, 0.2) is 23.1 Å². The largest absolute Gasteiger partial charge is 0.478 e. The standard InChI is InChI=1S/C14H19NO4S/c1-8(2)15-13(16)10(4)20(19)11-6-5-9(3)12(7-11)14(17)18/h5-8,10H,1-4H3,(H,15,16)(H,17,18). The van der Waals surface area contributed by atoms with E-state index in [9.17, 15) is 13.8 Å². The molecule has 0 bridgehead atoms. The topological polar surface area (TPSA) is 83.5 Å². The highest BCUT2D eigenvalue weighted by Gasteiger charge is 2.23. The third kappa shape index (κ3) is 3.90. The van der Waals surface area contributed by atoms with Crippen molar-refractivity contribution >= 4 is 22.7 Å². The van der Waals surface area contributed by atoms with E-state index in [-0.39, 0.29) is 17.5 Å². The first-order chi connectivity index (χ1) is 9.23. The van der Waals surface area contributed by atoms with Crippen LogP contribution in [0.5, 0.6) is 0 Å². The van der Waals surface area contributed by atoms with Crippen LogP contribution in [-0.2, 0) is 15.6 Å². The number of carbonyl (C=O) groups excluding carboxylic acids is 1. The molecule has 110 valence electrons. The smallest absolute Gasteiger partial charge is 0.335 e. The molecule has 0 heterocycles. The average Bonchev–Trinajstić information content (AvgIpc) is 2.36. The number of nitrogens with one attached hydrogen (secondary N) is 1. The van der Waals surface area contributed by atoms with Gasteiger partial charge in [-0.15, -0.1) is 0 Å². The molecular formula is C14H19NO4S. The van der Waals surface area contributed by atoms with E-state index < -0.39 is 22.0 Å². The van der Waals surface area contributed by atoms with Gasteiger partial charge in [0.15, 0.2) is 0 Å². The molecule has 1 rings (SSSR count). The minimum atomic E-state index is -1.59. The number of amides is 1. The van der Waals surface area contributed by atoms with Gasteiger partial charge in [0.05, 0.1) is 16.4 Å². The maximum absolute atomic E-state index is 12.3. The predicted octanol–water partition coefficient (Wildman–Crippen LogP) is 1.71. The summed E-state index contributed by atoms with van der Waals surface area (Å²) in [4.78, 5) is 23.2. The fourth-order valence-corrected chi connectivity index (χ4v) is 2.77. The molecule has 0 aromatic heterocycles. The number of aromatic carboxylic acids is 1. The van der Waals surface area contributed by atoms with Gasteiger partial charge in [0.1, 0.15) is 5.25 Å². The van der Waals surface area contributed by atoms with Gasteiger partial charge in [0.25, 0.3) is 0 Å². The summed E-state index contributed by atoms with van der Waals surface area (Å²) in [7, 11) is -1.59. The summed E-state index contributed by atoms with van der Waals surface area (Å²) in [6.45, 7) is 6.88. The Morgan fingerprint density at radius 2 is 1.85 bits per heavy atom. The minimum Gasteiger partial charge on any atom is -0.478 e. The Morgan fingerprint density at radius 3 is 2.35 bits per heavy atom. The van der Waals surface area contributed by atoms with E-state index in [1.54, 1.807) is 26.0 Å². The van der Waals surface area contributed by atoms with Crippen LogP contribution in [0.2, 0.25) is 0 Å². The van der Waals surface area contributed by atoms with Crippen LogP contribution in [0.1, 0.15) is 36.7 Å². The Morgan fingerprint density at radius 1 is 1.25 bits per heavy atom. The molecule has 0 spiro atoms. The lowest BCUT2D eigenvalue weighted by Crippen LogP contribution is -2.39. The van der Waals surface area contributed by atoms with Crippen molar-refractivity contribution in [2.75, 3.05) is 0 Å². The first-order valence-corrected chi connectivity index (χ1v) is 7.50. The number of benzene rings is 1. The van der Waals surface area contributed by atoms with Crippen molar-refractivity contribution in [2.24, 2.45) is 0 Å². The van der Waals surface area contributed by atoms with Crippen molar-refractivity contribution in [3.05, 3.63) is 29.3 Å². The Hall–Kier alpha value is -1.69. The van der Waals surface area contributed by atoms with Crippen LogP contribution in [0.3, 0.4) is 0 Å². The molecule has 2 atom stereocenters. The molecule has 1 amide bonds.